The number of hydrogen-bond donors (Lipinski definition) is 1. The highest BCUT2D eigenvalue weighted by Gasteiger charge is 2.07. The fourth-order valence-electron chi connectivity index (χ4n) is 2.22. The normalized spacial score (nSPS) is 11.2. The minimum Gasteiger partial charge on any atom is -0.298 e. The molecule has 0 fully saturated rings. The summed E-state index contributed by atoms with van der Waals surface area (Å²) >= 11 is 2.92. The summed E-state index contributed by atoms with van der Waals surface area (Å²) in [5.41, 5.74) is 2.47. The first-order chi connectivity index (χ1) is 12.3. The lowest BCUT2D eigenvalue weighted by Crippen LogP contribution is -2.07. The second-order valence-corrected chi connectivity index (χ2v) is 7.02. The quantitative estimate of drug-likeness (QED) is 0.543. The lowest BCUT2D eigenvalue weighted by Gasteiger charge is -1.96. The number of thiazole rings is 2. The molecule has 4 rings (SSSR count). The van der Waals surface area contributed by atoms with Gasteiger partial charge in [0.05, 0.1) is 15.9 Å². The molecule has 0 spiro atoms. The third-order valence-corrected chi connectivity index (χ3v) is 5.11. The van der Waals surface area contributed by atoms with Crippen molar-refractivity contribution in [2.24, 2.45) is 0 Å². The van der Waals surface area contributed by atoms with Gasteiger partial charge in [-0.25, -0.2) is 9.97 Å². The zero-order valence-electron chi connectivity index (χ0n) is 12.9. The Balaban J connectivity index is 1.44. The molecular formula is C18H12N4OS2. The molecule has 1 N–H and O–H groups in total. The Kier molecular flexibility index (Phi) is 4.32. The molecule has 1 aromatic carbocycles. The Morgan fingerprint density at radius 1 is 1.04 bits per heavy atom. The van der Waals surface area contributed by atoms with Gasteiger partial charge >= 0.3 is 0 Å². The summed E-state index contributed by atoms with van der Waals surface area (Å²) in [7, 11) is 0. The van der Waals surface area contributed by atoms with Gasteiger partial charge in [0, 0.05) is 17.7 Å². The first-order valence-electron chi connectivity index (χ1n) is 7.49. The molecule has 0 saturated carbocycles. The molecule has 3 heterocycles. The van der Waals surface area contributed by atoms with Crippen LogP contribution in [-0.4, -0.2) is 20.9 Å². The molecule has 0 atom stereocenters. The number of carbonyl (C=O) groups is 1. The number of carbonyl (C=O) groups excluding carboxylic acids is 1. The summed E-state index contributed by atoms with van der Waals surface area (Å²) in [6.07, 6.45) is 4.90. The van der Waals surface area contributed by atoms with E-state index in [1.807, 2.05) is 47.8 Å². The van der Waals surface area contributed by atoms with Crippen LogP contribution in [0, 0.1) is 0 Å². The van der Waals surface area contributed by atoms with E-state index >= 15 is 0 Å². The second kappa shape index (κ2) is 6.92. The van der Waals surface area contributed by atoms with Crippen LogP contribution in [0.5, 0.6) is 0 Å². The lowest BCUT2D eigenvalue weighted by molar-refractivity contribution is -0.111. The Hall–Kier alpha value is -2.90. The molecule has 0 saturated heterocycles. The maximum Gasteiger partial charge on any atom is 0.250 e. The number of aromatic nitrogens is 3. The first-order valence-corrected chi connectivity index (χ1v) is 9.19. The standard InChI is InChI=1S/C18H12N4OS2/c23-16(8-9-17-20-13-6-1-2-7-15(13)25-17)22-18-21-14(11-24-18)12-5-3-4-10-19-12/h1-11H,(H,21,22,23)/b9-8+. The zero-order chi connectivity index (χ0) is 17.1. The number of benzene rings is 1. The van der Waals surface area contributed by atoms with Crippen LogP contribution < -0.4 is 5.32 Å². The van der Waals surface area contributed by atoms with Gasteiger partial charge in [0.15, 0.2) is 5.13 Å². The van der Waals surface area contributed by atoms with Crippen LogP contribution in [0.3, 0.4) is 0 Å². The van der Waals surface area contributed by atoms with Crippen molar-refractivity contribution in [1.29, 1.82) is 0 Å². The average Bonchev–Trinajstić information content (AvgIpc) is 3.27. The molecule has 0 unspecified atom stereocenters. The minimum absolute atomic E-state index is 0.235. The van der Waals surface area contributed by atoms with E-state index in [1.165, 1.54) is 17.4 Å². The van der Waals surface area contributed by atoms with Crippen LogP contribution in [0.2, 0.25) is 0 Å². The number of nitrogens with one attached hydrogen (secondary N) is 1. The van der Waals surface area contributed by atoms with Crippen molar-refractivity contribution < 1.29 is 4.79 Å². The van der Waals surface area contributed by atoms with Crippen LogP contribution >= 0.6 is 22.7 Å². The smallest absolute Gasteiger partial charge is 0.250 e. The van der Waals surface area contributed by atoms with Gasteiger partial charge in [-0.1, -0.05) is 18.2 Å². The third-order valence-electron chi connectivity index (χ3n) is 3.35. The molecule has 0 aliphatic carbocycles. The van der Waals surface area contributed by atoms with Crippen molar-refractivity contribution in [3.63, 3.8) is 0 Å². The molecule has 5 nitrogen and oxygen atoms in total. The van der Waals surface area contributed by atoms with Crippen molar-refractivity contribution in [1.82, 2.24) is 15.0 Å². The zero-order valence-corrected chi connectivity index (χ0v) is 14.6. The molecule has 25 heavy (non-hydrogen) atoms. The number of hydrogen-bond acceptors (Lipinski definition) is 6. The highest BCUT2D eigenvalue weighted by Crippen LogP contribution is 2.24. The van der Waals surface area contributed by atoms with Gasteiger partial charge < -0.3 is 0 Å². The fraction of sp³-hybridized carbons (Fsp3) is 0. The molecule has 4 aromatic rings. The number of amides is 1. The highest BCUT2D eigenvalue weighted by molar-refractivity contribution is 7.19. The summed E-state index contributed by atoms with van der Waals surface area (Å²) in [4.78, 5) is 25.2. The van der Waals surface area contributed by atoms with Crippen LogP contribution in [0.1, 0.15) is 5.01 Å². The molecule has 0 aliphatic rings. The summed E-state index contributed by atoms with van der Waals surface area (Å²) in [5, 5.41) is 5.97. The predicted octanol–water partition coefficient (Wildman–Crippen LogP) is 4.47. The van der Waals surface area contributed by atoms with Gasteiger partial charge in [0.2, 0.25) is 5.91 Å². The van der Waals surface area contributed by atoms with Crippen LogP contribution in [-0.2, 0) is 4.79 Å². The molecular weight excluding hydrogens is 352 g/mol. The predicted molar refractivity (Wildman–Crippen MR) is 103 cm³/mol. The SMILES string of the molecule is O=C(/C=C/c1nc2ccccc2s1)Nc1nc(-c2ccccn2)cs1. The fourth-order valence-corrected chi connectivity index (χ4v) is 3.80. The largest absolute Gasteiger partial charge is 0.298 e. The summed E-state index contributed by atoms with van der Waals surface area (Å²) < 4.78 is 1.10. The molecule has 0 bridgehead atoms. The van der Waals surface area contributed by atoms with Gasteiger partial charge in [-0.3, -0.25) is 15.1 Å². The van der Waals surface area contributed by atoms with E-state index in [4.69, 9.17) is 0 Å². The lowest BCUT2D eigenvalue weighted by atomic mass is 10.3. The van der Waals surface area contributed by atoms with E-state index in [0.717, 1.165) is 26.6 Å². The van der Waals surface area contributed by atoms with Crippen molar-refractivity contribution in [3.8, 4) is 11.4 Å². The van der Waals surface area contributed by atoms with E-state index in [2.05, 4.69) is 20.3 Å². The van der Waals surface area contributed by atoms with E-state index in [0.29, 0.717) is 5.13 Å². The number of fused-ring (bicyclic) bond motifs is 1. The first kappa shape index (κ1) is 15.6. The maximum absolute atomic E-state index is 12.1. The van der Waals surface area contributed by atoms with Gasteiger partial charge in [0.25, 0.3) is 0 Å². The average molecular weight is 364 g/mol. The second-order valence-electron chi connectivity index (χ2n) is 5.10. The van der Waals surface area contributed by atoms with Gasteiger partial charge in [-0.05, 0) is 30.3 Å². The topological polar surface area (TPSA) is 67.8 Å². The third kappa shape index (κ3) is 3.62. The van der Waals surface area contributed by atoms with Crippen LogP contribution in [0.4, 0.5) is 5.13 Å². The molecule has 1 amide bonds. The number of nitrogens with zero attached hydrogens (tertiary/aromatic N) is 3. The van der Waals surface area contributed by atoms with Crippen molar-refractivity contribution >= 4 is 50.0 Å². The summed E-state index contributed by atoms with van der Waals surface area (Å²) in [5.74, 6) is -0.235. The maximum atomic E-state index is 12.1. The van der Waals surface area contributed by atoms with E-state index < -0.39 is 0 Å². The van der Waals surface area contributed by atoms with Gasteiger partial charge in [-0.2, -0.15) is 0 Å². The summed E-state index contributed by atoms with van der Waals surface area (Å²) in [6.45, 7) is 0. The molecule has 0 aliphatic heterocycles. The number of pyridine rings is 1. The Bertz CT molecular complexity index is 1020. The molecule has 0 radical (unpaired) electrons. The molecule has 3 aromatic heterocycles. The Morgan fingerprint density at radius 3 is 2.76 bits per heavy atom. The Morgan fingerprint density at radius 2 is 1.92 bits per heavy atom. The number of rotatable bonds is 4. The van der Waals surface area contributed by atoms with E-state index in [-0.39, 0.29) is 5.91 Å². The monoisotopic (exact) mass is 364 g/mol. The van der Waals surface area contributed by atoms with Crippen LogP contribution in [0.15, 0.2) is 60.1 Å². The Labute approximate surface area is 151 Å². The van der Waals surface area contributed by atoms with E-state index in [1.54, 1.807) is 23.6 Å². The van der Waals surface area contributed by atoms with Gasteiger partial charge in [-0.15, -0.1) is 22.7 Å². The van der Waals surface area contributed by atoms with Crippen molar-refractivity contribution in [2.75, 3.05) is 5.32 Å². The van der Waals surface area contributed by atoms with Crippen molar-refractivity contribution in [3.05, 3.63) is 65.1 Å². The number of para-hydroxylation sites is 1. The number of anilines is 1. The van der Waals surface area contributed by atoms with E-state index in [9.17, 15) is 4.79 Å². The highest BCUT2D eigenvalue weighted by atomic mass is 32.1. The van der Waals surface area contributed by atoms with Gasteiger partial charge in [0.1, 0.15) is 10.7 Å². The molecule has 122 valence electrons. The minimum atomic E-state index is -0.235. The van der Waals surface area contributed by atoms with Crippen molar-refractivity contribution in [2.45, 2.75) is 0 Å². The summed E-state index contributed by atoms with van der Waals surface area (Å²) in [6, 6.07) is 13.5. The van der Waals surface area contributed by atoms with Crippen LogP contribution in [0.25, 0.3) is 27.7 Å². The molecule has 7 heteroatoms.